The van der Waals surface area contributed by atoms with Crippen LogP contribution in [0.4, 0.5) is 5.82 Å². The third-order valence-corrected chi connectivity index (χ3v) is 4.89. The second-order valence-electron chi connectivity index (χ2n) is 7.59. The lowest BCUT2D eigenvalue weighted by molar-refractivity contribution is 0.122. The van der Waals surface area contributed by atoms with Crippen LogP contribution in [-0.4, -0.2) is 61.8 Å². The van der Waals surface area contributed by atoms with Gasteiger partial charge in [0.15, 0.2) is 5.96 Å². The first-order chi connectivity index (χ1) is 12.1. The average molecular weight is 345 g/mol. The Bertz CT molecular complexity index is 595. The number of nitrogens with zero attached hydrogens (tertiary/aromatic N) is 4. The molecule has 0 unspecified atom stereocenters. The molecule has 0 saturated carbocycles. The lowest BCUT2D eigenvalue weighted by atomic mass is 9.93. The molecule has 0 atom stereocenters. The van der Waals surface area contributed by atoms with Gasteiger partial charge in [-0.2, -0.15) is 0 Å². The Kier molecular flexibility index (Phi) is 5.78. The van der Waals surface area contributed by atoms with Gasteiger partial charge >= 0.3 is 0 Å². The number of nitrogens with one attached hydrogen (secondary N) is 1. The van der Waals surface area contributed by atoms with E-state index < -0.39 is 0 Å². The van der Waals surface area contributed by atoms with E-state index in [1.807, 2.05) is 12.3 Å². The van der Waals surface area contributed by atoms with Gasteiger partial charge in [0.25, 0.3) is 0 Å². The Morgan fingerprint density at radius 3 is 2.80 bits per heavy atom. The molecule has 1 aromatic heterocycles. The lowest BCUT2D eigenvalue weighted by Gasteiger charge is -2.29. The molecule has 3 heterocycles. The zero-order valence-corrected chi connectivity index (χ0v) is 15.8. The van der Waals surface area contributed by atoms with E-state index in [0.717, 1.165) is 57.7 Å². The summed E-state index contributed by atoms with van der Waals surface area (Å²) in [5.74, 6) is 2.07. The molecular formula is C19H31N5O. The number of likely N-dealkylation sites (tertiary alicyclic amines) is 1. The molecule has 0 radical (unpaired) electrons. The van der Waals surface area contributed by atoms with E-state index in [1.54, 1.807) is 0 Å². The molecule has 0 aliphatic carbocycles. The van der Waals surface area contributed by atoms with E-state index in [1.165, 1.54) is 12.0 Å². The second-order valence-corrected chi connectivity index (χ2v) is 7.59. The van der Waals surface area contributed by atoms with E-state index >= 15 is 0 Å². The Morgan fingerprint density at radius 2 is 2.12 bits per heavy atom. The van der Waals surface area contributed by atoms with E-state index in [-0.39, 0.29) is 0 Å². The van der Waals surface area contributed by atoms with Crippen molar-refractivity contribution < 1.29 is 4.74 Å². The number of hydrogen-bond acceptors (Lipinski definition) is 4. The minimum Gasteiger partial charge on any atom is -0.378 e. The minimum atomic E-state index is 0.365. The number of aromatic nitrogens is 1. The summed E-state index contributed by atoms with van der Waals surface area (Å²) in [5, 5.41) is 3.45. The molecule has 0 amide bonds. The molecule has 0 aromatic carbocycles. The van der Waals surface area contributed by atoms with Crippen LogP contribution in [0, 0.1) is 5.41 Å². The fraction of sp³-hybridized carbons (Fsp3) is 0.684. The molecule has 2 aliphatic heterocycles. The van der Waals surface area contributed by atoms with Crippen molar-refractivity contribution in [2.75, 3.05) is 50.8 Å². The Hall–Kier alpha value is -1.82. The molecular weight excluding hydrogens is 314 g/mol. The predicted molar refractivity (Wildman–Crippen MR) is 102 cm³/mol. The second kappa shape index (κ2) is 8.04. The Morgan fingerprint density at radius 1 is 1.32 bits per heavy atom. The summed E-state index contributed by atoms with van der Waals surface area (Å²) < 4.78 is 5.46. The summed E-state index contributed by atoms with van der Waals surface area (Å²) in [6, 6.07) is 4.14. The van der Waals surface area contributed by atoms with Crippen molar-refractivity contribution in [1.29, 1.82) is 0 Å². The van der Waals surface area contributed by atoms with Crippen LogP contribution in [0.2, 0.25) is 0 Å². The van der Waals surface area contributed by atoms with Crippen LogP contribution in [-0.2, 0) is 11.3 Å². The van der Waals surface area contributed by atoms with Crippen molar-refractivity contribution in [1.82, 2.24) is 15.2 Å². The summed E-state index contributed by atoms with van der Waals surface area (Å²) in [7, 11) is 0. The van der Waals surface area contributed by atoms with Gasteiger partial charge in [-0.1, -0.05) is 19.9 Å². The molecule has 1 aromatic rings. The van der Waals surface area contributed by atoms with Crippen LogP contribution in [0.5, 0.6) is 0 Å². The van der Waals surface area contributed by atoms with E-state index in [9.17, 15) is 0 Å². The van der Waals surface area contributed by atoms with E-state index in [2.05, 4.69) is 46.9 Å². The highest BCUT2D eigenvalue weighted by Gasteiger charge is 2.30. The molecule has 2 saturated heterocycles. The first kappa shape index (κ1) is 18.0. The highest BCUT2D eigenvalue weighted by molar-refractivity contribution is 5.80. The maximum absolute atomic E-state index is 5.46. The van der Waals surface area contributed by atoms with Crippen LogP contribution in [0.3, 0.4) is 0 Å². The predicted octanol–water partition coefficient (Wildman–Crippen LogP) is 2.12. The monoisotopic (exact) mass is 345 g/mol. The topological polar surface area (TPSA) is 53.0 Å². The first-order valence-corrected chi connectivity index (χ1v) is 9.39. The van der Waals surface area contributed by atoms with Gasteiger partial charge in [-0.15, -0.1) is 0 Å². The minimum absolute atomic E-state index is 0.365. The van der Waals surface area contributed by atoms with Gasteiger partial charge in [-0.25, -0.2) is 9.98 Å². The van der Waals surface area contributed by atoms with Crippen LogP contribution in [0.1, 0.15) is 32.8 Å². The van der Waals surface area contributed by atoms with Crippen molar-refractivity contribution >= 4 is 11.8 Å². The summed E-state index contributed by atoms with van der Waals surface area (Å²) in [6.07, 6.45) is 3.08. The fourth-order valence-electron chi connectivity index (χ4n) is 3.49. The standard InChI is InChI=1S/C19H31N5O/c1-4-20-18(24-9-7-19(2,3)15-24)22-14-16-6-5-8-21-17(16)23-10-12-25-13-11-23/h5-6,8H,4,7,9-15H2,1-3H3,(H,20,22). The van der Waals surface area contributed by atoms with Crippen LogP contribution in [0.25, 0.3) is 0 Å². The number of morpholine rings is 1. The maximum Gasteiger partial charge on any atom is 0.194 e. The molecule has 6 heteroatoms. The molecule has 0 bridgehead atoms. The maximum atomic E-state index is 5.46. The van der Waals surface area contributed by atoms with Crippen LogP contribution < -0.4 is 10.2 Å². The van der Waals surface area contributed by atoms with Gasteiger partial charge in [0.05, 0.1) is 19.8 Å². The number of pyridine rings is 1. The smallest absolute Gasteiger partial charge is 0.194 e. The van der Waals surface area contributed by atoms with Gasteiger partial charge in [-0.05, 0) is 24.8 Å². The zero-order valence-electron chi connectivity index (χ0n) is 15.8. The third kappa shape index (κ3) is 4.63. The number of anilines is 1. The number of ether oxygens (including phenoxy) is 1. The normalized spacial score (nSPS) is 20.8. The number of guanidine groups is 1. The quantitative estimate of drug-likeness (QED) is 0.669. The number of rotatable bonds is 4. The summed E-state index contributed by atoms with van der Waals surface area (Å²) in [4.78, 5) is 14.2. The molecule has 2 fully saturated rings. The van der Waals surface area contributed by atoms with Crippen molar-refractivity contribution in [3.05, 3.63) is 23.9 Å². The fourth-order valence-corrected chi connectivity index (χ4v) is 3.49. The molecule has 0 spiro atoms. The van der Waals surface area contributed by atoms with Gasteiger partial charge in [0.2, 0.25) is 0 Å². The van der Waals surface area contributed by atoms with Crippen molar-refractivity contribution in [2.24, 2.45) is 10.4 Å². The van der Waals surface area contributed by atoms with E-state index in [0.29, 0.717) is 12.0 Å². The SMILES string of the molecule is CCNC(=NCc1cccnc1N1CCOCC1)N1CCC(C)(C)C1. The Balaban J connectivity index is 1.74. The number of aliphatic imine (C=N–C) groups is 1. The van der Waals surface area contributed by atoms with Crippen LogP contribution in [0.15, 0.2) is 23.3 Å². The van der Waals surface area contributed by atoms with Crippen molar-refractivity contribution in [2.45, 2.75) is 33.7 Å². The lowest BCUT2D eigenvalue weighted by Crippen LogP contribution is -2.40. The largest absolute Gasteiger partial charge is 0.378 e. The highest BCUT2D eigenvalue weighted by atomic mass is 16.5. The van der Waals surface area contributed by atoms with Crippen LogP contribution >= 0.6 is 0 Å². The Labute approximate surface area is 151 Å². The van der Waals surface area contributed by atoms with Gasteiger partial charge < -0.3 is 19.9 Å². The average Bonchev–Trinajstić information content (AvgIpc) is 2.99. The molecule has 3 rings (SSSR count). The van der Waals surface area contributed by atoms with Crippen molar-refractivity contribution in [3.8, 4) is 0 Å². The summed E-state index contributed by atoms with van der Waals surface area (Å²) >= 11 is 0. The number of hydrogen-bond donors (Lipinski definition) is 1. The molecule has 25 heavy (non-hydrogen) atoms. The zero-order chi connectivity index (χ0) is 17.7. The molecule has 1 N–H and O–H groups in total. The summed E-state index contributed by atoms with van der Waals surface area (Å²) in [5.41, 5.74) is 1.54. The van der Waals surface area contributed by atoms with Gasteiger partial charge in [0.1, 0.15) is 5.82 Å². The first-order valence-electron chi connectivity index (χ1n) is 9.39. The molecule has 6 nitrogen and oxygen atoms in total. The van der Waals surface area contributed by atoms with E-state index in [4.69, 9.17) is 9.73 Å². The van der Waals surface area contributed by atoms with Crippen molar-refractivity contribution in [3.63, 3.8) is 0 Å². The molecule has 2 aliphatic rings. The van der Waals surface area contributed by atoms with Gasteiger partial charge in [-0.3, -0.25) is 0 Å². The molecule has 138 valence electrons. The third-order valence-electron chi connectivity index (χ3n) is 4.89. The summed E-state index contributed by atoms with van der Waals surface area (Å²) in [6.45, 7) is 13.8. The highest BCUT2D eigenvalue weighted by Crippen LogP contribution is 2.29. The van der Waals surface area contributed by atoms with Gasteiger partial charge in [0, 0.05) is 44.5 Å².